The van der Waals surface area contributed by atoms with Crippen molar-refractivity contribution in [2.45, 2.75) is 31.4 Å². The van der Waals surface area contributed by atoms with Gasteiger partial charge in [-0.3, -0.25) is 0 Å². The number of aliphatic carboxylic acids is 1. The summed E-state index contributed by atoms with van der Waals surface area (Å²) in [7, 11) is 0. The monoisotopic (exact) mass is 159 g/mol. The van der Waals surface area contributed by atoms with E-state index in [-0.39, 0.29) is 6.04 Å². The number of carbonyl (C=O) groups is 1. The summed E-state index contributed by atoms with van der Waals surface area (Å²) in [5.74, 6) is -1.13. The number of hydrogen-bond donors (Lipinski definition) is 3. The molecular weight excluding hydrogens is 146 g/mol. The summed E-state index contributed by atoms with van der Waals surface area (Å²) in [6.45, 7) is 0.814. The number of carboxylic acids is 1. The minimum absolute atomic E-state index is 0.249. The van der Waals surface area contributed by atoms with Crippen LogP contribution in [-0.4, -0.2) is 34.9 Å². The minimum Gasteiger partial charge on any atom is -0.479 e. The highest BCUT2D eigenvalue weighted by molar-refractivity contribution is 5.72. The summed E-state index contributed by atoms with van der Waals surface area (Å²) in [5, 5.41) is 20.5. The summed E-state index contributed by atoms with van der Waals surface area (Å²) in [6.07, 6.45) is 1.59. The van der Waals surface area contributed by atoms with E-state index in [0.29, 0.717) is 0 Å². The van der Waals surface area contributed by atoms with Crippen LogP contribution in [0.1, 0.15) is 19.3 Å². The second-order valence-electron chi connectivity index (χ2n) is 2.84. The largest absolute Gasteiger partial charge is 0.479 e. The van der Waals surface area contributed by atoms with Gasteiger partial charge in [0.05, 0.1) is 0 Å². The molecule has 1 fully saturated rings. The molecule has 64 valence electrons. The van der Waals surface area contributed by atoms with E-state index in [9.17, 15) is 4.79 Å². The number of aliphatic hydroxyl groups is 1. The summed E-state index contributed by atoms with van der Waals surface area (Å²) in [5.41, 5.74) is 0. The Labute approximate surface area is 65.2 Å². The lowest BCUT2D eigenvalue weighted by atomic mass is 10.0. The van der Waals surface area contributed by atoms with Gasteiger partial charge in [-0.05, 0) is 19.4 Å². The van der Waals surface area contributed by atoms with Crippen molar-refractivity contribution in [3.05, 3.63) is 0 Å². The summed E-state index contributed by atoms with van der Waals surface area (Å²) in [6, 6.07) is -0.249. The van der Waals surface area contributed by atoms with Gasteiger partial charge in [-0.2, -0.15) is 0 Å². The zero-order chi connectivity index (χ0) is 8.27. The molecule has 4 nitrogen and oxygen atoms in total. The van der Waals surface area contributed by atoms with E-state index < -0.39 is 12.1 Å². The fraction of sp³-hybridized carbons (Fsp3) is 0.857. The van der Waals surface area contributed by atoms with Crippen LogP contribution in [0.3, 0.4) is 0 Å². The van der Waals surface area contributed by atoms with Crippen LogP contribution in [0.2, 0.25) is 0 Å². The third kappa shape index (κ3) is 2.17. The van der Waals surface area contributed by atoms with Crippen LogP contribution in [0, 0.1) is 0 Å². The van der Waals surface area contributed by atoms with Crippen LogP contribution in [-0.2, 0) is 4.79 Å². The number of aliphatic hydroxyl groups excluding tert-OH is 1. The molecule has 0 saturated carbocycles. The lowest BCUT2D eigenvalue weighted by Crippen LogP contribution is -2.46. The van der Waals surface area contributed by atoms with E-state index in [0.717, 1.165) is 25.8 Å². The standard InChI is InChI=1S/C7H13NO3/c9-6(7(10)11)5-3-1-2-4-8-5/h5-6,8-9H,1-4H2,(H,10,11)/t5?,6-/m1/s1. The van der Waals surface area contributed by atoms with Gasteiger partial charge in [-0.15, -0.1) is 0 Å². The third-order valence-electron chi connectivity index (χ3n) is 1.98. The van der Waals surface area contributed by atoms with Gasteiger partial charge in [0.1, 0.15) is 0 Å². The zero-order valence-electron chi connectivity index (χ0n) is 6.29. The highest BCUT2D eigenvalue weighted by Gasteiger charge is 2.26. The first-order valence-electron chi connectivity index (χ1n) is 3.86. The molecule has 0 amide bonds. The number of piperidine rings is 1. The summed E-state index contributed by atoms with van der Waals surface area (Å²) < 4.78 is 0. The average Bonchev–Trinajstić information content (AvgIpc) is 2.05. The van der Waals surface area contributed by atoms with Gasteiger partial charge in [0, 0.05) is 6.04 Å². The van der Waals surface area contributed by atoms with E-state index in [1.54, 1.807) is 0 Å². The number of rotatable bonds is 2. The van der Waals surface area contributed by atoms with Crippen LogP contribution in [0.25, 0.3) is 0 Å². The predicted molar refractivity (Wildman–Crippen MR) is 39.3 cm³/mol. The smallest absolute Gasteiger partial charge is 0.334 e. The van der Waals surface area contributed by atoms with E-state index in [1.807, 2.05) is 0 Å². The Hall–Kier alpha value is -0.610. The molecule has 0 radical (unpaired) electrons. The first-order chi connectivity index (χ1) is 5.22. The Morgan fingerprint density at radius 2 is 2.27 bits per heavy atom. The maximum Gasteiger partial charge on any atom is 0.334 e. The van der Waals surface area contributed by atoms with Crippen LogP contribution in [0.4, 0.5) is 0 Å². The first-order valence-corrected chi connectivity index (χ1v) is 3.86. The Morgan fingerprint density at radius 3 is 2.73 bits per heavy atom. The lowest BCUT2D eigenvalue weighted by molar-refractivity contribution is -0.148. The molecule has 0 aromatic carbocycles. The molecule has 11 heavy (non-hydrogen) atoms. The van der Waals surface area contributed by atoms with Gasteiger partial charge < -0.3 is 15.5 Å². The first kappa shape index (κ1) is 8.49. The van der Waals surface area contributed by atoms with Gasteiger partial charge in [-0.25, -0.2) is 4.79 Å². The molecule has 2 atom stereocenters. The molecule has 3 N–H and O–H groups in total. The Morgan fingerprint density at radius 1 is 1.55 bits per heavy atom. The Balaban J connectivity index is 2.38. The van der Waals surface area contributed by atoms with E-state index in [1.165, 1.54) is 0 Å². The van der Waals surface area contributed by atoms with Gasteiger partial charge in [0.2, 0.25) is 0 Å². The van der Waals surface area contributed by atoms with Crippen LogP contribution < -0.4 is 5.32 Å². The van der Waals surface area contributed by atoms with Gasteiger partial charge in [-0.1, -0.05) is 6.42 Å². The quantitative estimate of drug-likeness (QED) is 0.511. The van der Waals surface area contributed by atoms with Crippen molar-refractivity contribution >= 4 is 5.97 Å². The van der Waals surface area contributed by atoms with Crippen molar-refractivity contribution in [3.8, 4) is 0 Å². The van der Waals surface area contributed by atoms with Crippen molar-refractivity contribution in [1.82, 2.24) is 5.32 Å². The van der Waals surface area contributed by atoms with Crippen molar-refractivity contribution < 1.29 is 15.0 Å². The molecule has 0 bridgehead atoms. The van der Waals surface area contributed by atoms with Crippen LogP contribution >= 0.6 is 0 Å². The Bertz CT molecular complexity index is 143. The van der Waals surface area contributed by atoms with Crippen LogP contribution in [0.15, 0.2) is 0 Å². The molecule has 1 unspecified atom stereocenters. The second-order valence-corrected chi connectivity index (χ2v) is 2.84. The van der Waals surface area contributed by atoms with Crippen molar-refractivity contribution in [2.75, 3.05) is 6.54 Å². The number of nitrogens with one attached hydrogen (secondary N) is 1. The highest BCUT2D eigenvalue weighted by atomic mass is 16.4. The third-order valence-corrected chi connectivity index (χ3v) is 1.98. The minimum atomic E-state index is -1.24. The SMILES string of the molecule is O=C(O)[C@H](O)C1CCCCN1. The molecule has 4 heteroatoms. The van der Waals surface area contributed by atoms with Gasteiger partial charge >= 0.3 is 5.97 Å². The van der Waals surface area contributed by atoms with Crippen molar-refractivity contribution in [1.29, 1.82) is 0 Å². The molecule has 1 rings (SSSR count). The zero-order valence-corrected chi connectivity index (χ0v) is 6.29. The molecule has 1 aliphatic heterocycles. The molecule has 1 aliphatic rings. The predicted octanol–water partition coefficient (Wildman–Crippen LogP) is -0.426. The fourth-order valence-electron chi connectivity index (χ4n) is 1.32. The van der Waals surface area contributed by atoms with E-state index >= 15 is 0 Å². The Kier molecular flexibility index (Phi) is 2.84. The molecule has 1 heterocycles. The summed E-state index contributed by atoms with van der Waals surface area (Å²) >= 11 is 0. The maximum atomic E-state index is 10.3. The molecular formula is C7H13NO3. The molecule has 1 saturated heterocycles. The topological polar surface area (TPSA) is 69.6 Å². The van der Waals surface area contributed by atoms with Crippen LogP contribution in [0.5, 0.6) is 0 Å². The van der Waals surface area contributed by atoms with E-state index in [4.69, 9.17) is 10.2 Å². The maximum absolute atomic E-state index is 10.3. The van der Waals surface area contributed by atoms with E-state index in [2.05, 4.69) is 5.32 Å². The van der Waals surface area contributed by atoms with Crippen molar-refractivity contribution in [2.24, 2.45) is 0 Å². The molecule has 0 aliphatic carbocycles. The van der Waals surface area contributed by atoms with Gasteiger partial charge in [0.25, 0.3) is 0 Å². The molecule has 0 aromatic heterocycles. The van der Waals surface area contributed by atoms with Crippen molar-refractivity contribution in [3.63, 3.8) is 0 Å². The normalized spacial score (nSPS) is 27.9. The average molecular weight is 159 g/mol. The number of carboxylic acid groups (broad SMARTS) is 1. The second kappa shape index (κ2) is 3.69. The van der Waals surface area contributed by atoms with Gasteiger partial charge in [0.15, 0.2) is 6.10 Å². The molecule has 0 aromatic rings. The summed E-state index contributed by atoms with van der Waals surface area (Å²) in [4.78, 5) is 10.3. The number of hydrogen-bond acceptors (Lipinski definition) is 3. The molecule has 0 spiro atoms. The lowest BCUT2D eigenvalue weighted by Gasteiger charge is -2.25. The highest BCUT2D eigenvalue weighted by Crippen LogP contribution is 2.10. The fourth-order valence-corrected chi connectivity index (χ4v) is 1.32.